The van der Waals surface area contributed by atoms with Crippen molar-refractivity contribution in [2.45, 2.75) is 88.3 Å². The molecule has 0 bridgehead atoms. The average Bonchev–Trinajstić information content (AvgIpc) is 3.02. The topological polar surface area (TPSA) is 64.6 Å². The van der Waals surface area contributed by atoms with Gasteiger partial charge >= 0.3 is 6.03 Å². The summed E-state index contributed by atoms with van der Waals surface area (Å²) >= 11 is 0. The number of amides is 2. The van der Waals surface area contributed by atoms with E-state index in [1.165, 1.54) is 32.1 Å². The second-order valence-electron chi connectivity index (χ2n) is 7.86. The Kier molecular flexibility index (Phi) is 5.81. The van der Waals surface area contributed by atoms with Gasteiger partial charge in [-0.2, -0.15) is 0 Å². The van der Waals surface area contributed by atoms with Crippen LogP contribution in [0.5, 0.6) is 0 Å². The Morgan fingerprint density at radius 1 is 1.00 bits per heavy atom. The Morgan fingerprint density at radius 2 is 1.65 bits per heavy atom. The number of nitrogens with one attached hydrogen (secondary N) is 2. The van der Waals surface area contributed by atoms with Gasteiger partial charge in [0.2, 0.25) is 0 Å². The van der Waals surface area contributed by atoms with Crippen molar-refractivity contribution in [3.63, 3.8) is 0 Å². The number of hydrogen-bond donors (Lipinski definition) is 3. The van der Waals surface area contributed by atoms with E-state index in [0.29, 0.717) is 6.54 Å². The highest BCUT2D eigenvalue weighted by atomic mass is 16.3. The number of hydrogen-bond acceptors (Lipinski definition) is 3. The Labute approximate surface area is 140 Å². The van der Waals surface area contributed by atoms with E-state index in [9.17, 15) is 9.90 Å². The molecule has 2 saturated carbocycles. The zero-order valence-corrected chi connectivity index (χ0v) is 14.4. The normalized spacial score (nSPS) is 27.0. The van der Waals surface area contributed by atoms with E-state index in [0.717, 1.165) is 57.7 Å². The summed E-state index contributed by atoms with van der Waals surface area (Å²) in [6.45, 7) is 2.61. The van der Waals surface area contributed by atoms with Gasteiger partial charge in [-0.25, -0.2) is 4.79 Å². The zero-order chi connectivity index (χ0) is 16.1. The van der Waals surface area contributed by atoms with Gasteiger partial charge in [-0.1, -0.05) is 32.1 Å². The first kappa shape index (κ1) is 17.0. The molecule has 3 aliphatic rings. The van der Waals surface area contributed by atoms with E-state index < -0.39 is 5.60 Å². The molecule has 3 fully saturated rings. The summed E-state index contributed by atoms with van der Waals surface area (Å²) in [7, 11) is 0. The van der Waals surface area contributed by atoms with Crippen molar-refractivity contribution in [2.75, 3.05) is 19.6 Å². The van der Waals surface area contributed by atoms with Gasteiger partial charge in [-0.05, 0) is 38.5 Å². The van der Waals surface area contributed by atoms with Gasteiger partial charge < -0.3 is 20.6 Å². The lowest BCUT2D eigenvalue weighted by Crippen LogP contribution is -2.52. The van der Waals surface area contributed by atoms with Crippen LogP contribution >= 0.6 is 0 Å². The minimum absolute atomic E-state index is 0.110. The van der Waals surface area contributed by atoms with Gasteiger partial charge in [0.15, 0.2) is 0 Å². The molecule has 0 atom stereocenters. The highest BCUT2D eigenvalue weighted by Crippen LogP contribution is 2.28. The number of carbonyl (C=O) groups is 1. The molecule has 2 amide bonds. The zero-order valence-electron chi connectivity index (χ0n) is 14.4. The lowest BCUT2D eigenvalue weighted by atomic mass is 9.92. The predicted molar refractivity (Wildman–Crippen MR) is 91.4 cm³/mol. The van der Waals surface area contributed by atoms with Crippen molar-refractivity contribution in [1.82, 2.24) is 15.5 Å². The molecule has 23 heavy (non-hydrogen) atoms. The Bertz CT molecular complexity index is 382. The van der Waals surface area contributed by atoms with Crippen molar-refractivity contribution in [3.8, 4) is 0 Å². The van der Waals surface area contributed by atoms with Crippen LogP contribution in [0, 0.1) is 0 Å². The second kappa shape index (κ2) is 7.84. The molecular weight excluding hydrogens is 290 g/mol. The van der Waals surface area contributed by atoms with Crippen molar-refractivity contribution in [3.05, 3.63) is 0 Å². The summed E-state index contributed by atoms with van der Waals surface area (Å²) in [5.74, 6) is 0. The maximum Gasteiger partial charge on any atom is 0.315 e. The molecule has 0 radical (unpaired) electrons. The molecule has 5 heteroatoms. The number of piperidine rings is 1. The minimum Gasteiger partial charge on any atom is -0.388 e. The molecule has 0 spiro atoms. The number of rotatable bonds is 4. The molecule has 0 aromatic carbocycles. The SMILES string of the molecule is O=C(NCC1(O)CCCC1)NC1CCN(C2CCCCC2)CC1. The van der Waals surface area contributed by atoms with Crippen LogP contribution in [0.15, 0.2) is 0 Å². The molecule has 132 valence electrons. The molecule has 0 unspecified atom stereocenters. The molecule has 5 nitrogen and oxygen atoms in total. The van der Waals surface area contributed by atoms with Crippen LogP contribution in [-0.2, 0) is 0 Å². The molecule has 3 N–H and O–H groups in total. The van der Waals surface area contributed by atoms with Crippen LogP contribution in [0.3, 0.4) is 0 Å². The van der Waals surface area contributed by atoms with Crippen LogP contribution < -0.4 is 10.6 Å². The van der Waals surface area contributed by atoms with E-state index in [2.05, 4.69) is 15.5 Å². The van der Waals surface area contributed by atoms with E-state index in [1.54, 1.807) is 0 Å². The monoisotopic (exact) mass is 323 g/mol. The first-order valence-corrected chi connectivity index (χ1v) is 9.65. The van der Waals surface area contributed by atoms with Crippen molar-refractivity contribution in [2.24, 2.45) is 0 Å². The van der Waals surface area contributed by atoms with Crippen molar-refractivity contribution in [1.29, 1.82) is 0 Å². The molecular formula is C18H33N3O2. The lowest BCUT2D eigenvalue weighted by molar-refractivity contribution is 0.0497. The van der Waals surface area contributed by atoms with Crippen LogP contribution in [-0.4, -0.2) is 53.4 Å². The molecule has 1 aliphatic heterocycles. The number of aliphatic hydroxyl groups is 1. The highest BCUT2D eigenvalue weighted by molar-refractivity contribution is 5.74. The lowest BCUT2D eigenvalue weighted by Gasteiger charge is -2.39. The van der Waals surface area contributed by atoms with Crippen LogP contribution in [0.1, 0.15) is 70.6 Å². The Morgan fingerprint density at radius 3 is 2.30 bits per heavy atom. The van der Waals surface area contributed by atoms with E-state index in [1.807, 2.05) is 0 Å². The summed E-state index contributed by atoms with van der Waals surface area (Å²) in [5.41, 5.74) is -0.665. The second-order valence-corrected chi connectivity index (χ2v) is 7.86. The fourth-order valence-electron chi connectivity index (χ4n) is 4.55. The fourth-order valence-corrected chi connectivity index (χ4v) is 4.55. The van der Waals surface area contributed by atoms with E-state index >= 15 is 0 Å². The average molecular weight is 323 g/mol. The fraction of sp³-hybridized carbons (Fsp3) is 0.944. The first-order chi connectivity index (χ1) is 11.1. The smallest absolute Gasteiger partial charge is 0.315 e. The number of nitrogens with zero attached hydrogens (tertiary/aromatic N) is 1. The van der Waals surface area contributed by atoms with Gasteiger partial charge in [0.25, 0.3) is 0 Å². The number of urea groups is 1. The third kappa shape index (κ3) is 4.83. The summed E-state index contributed by atoms with van der Waals surface area (Å²) in [5, 5.41) is 16.2. The molecule has 3 rings (SSSR count). The van der Waals surface area contributed by atoms with E-state index in [4.69, 9.17) is 0 Å². The van der Waals surface area contributed by atoms with E-state index in [-0.39, 0.29) is 12.1 Å². The summed E-state index contributed by atoms with van der Waals surface area (Å²) in [4.78, 5) is 14.7. The van der Waals surface area contributed by atoms with Crippen molar-refractivity contribution < 1.29 is 9.90 Å². The minimum atomic E-state index is -0.665. The maximum atomic E-state index is 12.0. The molecule has 0 aromatic rings. The summed E-state index contributed by atoms with van der Waals surface area (Å²) < 4.78 is 0. The quantitative estimate of drug-likeness (QED) is 0.744. The van der Waals surface area contributed by atoms with Gasteiger partial charge in [-0.3, -0.25) is 0 Å². The van der Waals surface area contributed by atoms with Gasteiger partial charge in [0, 0.05) is 31.7 Å². The maximum absolute atomic E-state index is 12.0. The van der Waals surface area contributed by atoms with Crippen LogP contribution in [0.25, 0.3) is 0 Å². The molecule has 0 aromatic heterocycles. The molecule has 1 saturated heterocycles. The largest absolute Gasteiger partial charge is 0.388 e. The third-order valence-corrected chi connectivity index (χ3v) is 6.07. The van der Waals surface area contributed by atoms with Crippen LogP contribution in [0.4, 0.5) is 4.79 Å². The highest BCUT2D eigenvalue weighted by Gasteiger charge is 2.32. The number of likely N-dealkylation sites (tertiary alicyclic amines) is 1. The molecule has 2 aliphatic carbocycles. The number of carbonyl (C=O) groups excluding carboxylic acids is 1. The van der Waals surface area contributed by atoms with Gasteiger partial charge in [-0.15, -0.1) is 0 Å². The summed E-state index contributed by atoms with van der Waals surface area (Å²) in [6, 6.07) is 0.963. The first-order valence-electron chi connectivity index (χ1n) is 9.65. The third-order valence-electron chi connectivity index (χ3n) is 6.07. The van der Waals surface area contributed by atoms with Gasteiger partial charge in [0.1, 0.15) is 0 Å². The molecule has 1 heterocycles. The Balaban J connectivity index is 1.34. The Hall–Kier alpha value is -0.810. The standard InChI is InChI=1S/C18H33N3O2/c22-17(19-14-18(23)10-4-5-11-18)20-15-8-12-21(13-9-15)16-6-2-1-3-7-16/h15-16,23H,1-14H2,(H2,19,20,22). The summed E-state index contributed by atoms with van der Waals surface area (Å²) in [6.07, 6.45) is 12.7. The van der Waals surface area contributed by atoms with Gasteiger partial charge in [0.05, 0.1) is 5.60 Å². The van der Waals surface area contributed by atoms with Crippen molar-refractivity contribution >= 4 is 6.03 Å². The van der Waals surface area contributed by atoms with Crippen LogP contribution in [0.2, 0.25) is 0 Å². The predicted octanol–water partition coefficient (Wildman–Crippen LogP) is 2.39.